The summed E-state index contributed by atoms with van der Waals surface area (Å²) in [5, 5.41) is 4.14. The number of benzene rings is 2. The summed E-state index contributed by atoms with van der Waals surface area (Å²) in [7, 11) is 5.42. The molecule has 0 saturated heterocycles. The molecule has 7 nitrogen and oxygen atoms in total. The number of sulfonamides is 1. The monoisotopic (exact) mass is 428 g/mol. The van der Waals surface area contributed by atoms with Crippen LogP contribution in [0.5, 0.6) is 0 Å². The van der Waals surface area contributed by atoms with E-state index in [9.17, 15) is 13.2 Å². The molecule has 3 aromatic rings. The Hall–Kier alpha value is -2.68. The number of rotatable bonds is 7. The van der Waals surface area contributed by atoms with Crippen LogP contribution in [0.2, 0.25) is 0 Å². The number of para-hydroxylation sites is 1. The van der Waals surface area contributed by atoms with Crippen molar-refractivity contribution in [1.29, 1.82) is 0 Å². The fraction of sp³-hybridized carbons (Fsp3) is 0.318. The molecule has 30 heavy (non-hydrogen) atoms. The second kappa shape index (κ2) is 8.59. The molecule has 160 valence electrons. The first-order valence-electron chi connectivity index (χ1n) is 9.64. The second-order valence-electron chi connectivity index (χ2n) is 7.71. The number of likely N-dealkylation sites (N-methyl/N-ethyl adjacent to an activating group) is 1. The van der Waals surface area contributed by atoms with Gasteiger partial charge in [0.05, 0.1) is 10.9 Å². The van der Waals surface area contributed by atoms with Crippen LogP contribution in [0.4, 0.5) is 0 Å². The van der Waals surface area contributed by atoms with Crippen LogP contribution in [0.3, 0.4) is 0 Å². The zero-order valence-corrected chi connectivity index (χ0v) is 18.8. The molecule has 1 amide bonds. The number of hydrogen-bond acceptors (Lipinski definition) is 4. The molecule has 1 N–H and O–H groups in total. The number of aryl methyl sites for hydroxylation is 1. The second-order valence-corrected chi connectivity index (χ2v) is 9.87. The molecule has 3 rings (SSSR count). The van der Waals surface area contributed by atoms with E-state index in [1.54, 1.807) is 0 Å². The predicted molar refractivity (Wildman–Crippen MR) is 119 cm³/mol. The Balaban J connectivity index is 1.78. The molecule has 0 fully saturated rings. The van der Waals surface area contributed by atoms with Gasteiger partial charge in [0, 0.05) is 50.4 Å². The number of amides is 1. The quantitative estimate of drug-likeness (QED) is 0.627. The molecule has 1 atom stereocenters. The zero-order valence-electron chi connectivity index (χ0n) is 18.0. The van der Waals surface area contributed by atoms with Gasteiger partial charge in [0.15, 0.2) is 0 Å². The Morgan fingerprint density at radius 3 is 2.27 bits per heavy atom. The molecule has 0 spiro atoms. The number of carbonyl (C=O) groups is 1. The smallest absolute Gasteiger partial charge is 0.251 e. The molecule has 1 heterocycles. The van der Waals surface area contributed by atoms with Crippen molar-refractivity contribution in [3.05, 3.63) is 65.9 Å². The number of nitrogens with zero attached hydrogens (tertiary/aromatic N) is 3. The third kappa shape index (κ3) is 4.26. The maximum atomic E-state index is 12.7. The van der Waals surface area contributed by atoms with Gasteiger partial charge in [-0.25, -0.2) is 12.7 Å². The van der Waals surface area contributed by atoms with E-state index in [2.05, 4.69) is 33.1 Å². The summed E-state index contributed by atoms with van der Waals surface area (Å²) in [6.45, 7) is 0.428. The van der Waals surface area contributed by atoms with Gasteiger partial charge in [0.25, 0.3) is 5.91 Å². The van der Waals surface area contributed by atoms with Gasteiger partial charge in [0.1, 0.15) is 0 Å². The summed E-state index contributed by atoms with van der Waals surface area (Å²) in [6.07, 6.45) is 2.10. The molecule has 0 aliphatic heterocycles. The summed E-state index contributed by atoms with van der Waals surface area (Å²) in [6, 6.07) is 14.2. The van der Waals surface area contributed by atoms with Gasteiger partial charge in [0.2, 0.25) is 10.0 Å². The van der Waals surface area contributed by atoms with E-state index in [4.69, 9.17) is 0 Å². The first-order chi connectivity index (χ1) is 14.1. The van der Waals surface area contributed by atoms with Crippen LogP contribution in [0.25, 0.3) is 10.9 Å². The van der Waals surface area contributed by atoms with E-state index in [-0.39, 0.29) is 16.8 Å². The van der Waals surface area contributed by atoms with Crippen molar-refractivity contribution in [2.75, 3.05) is 34.7 Å². The van der Waals surface area contributed by atoms with E-state index in [0.29, 0.717) is 12.1 Å². The highest BCUT2D eigenvalue weighted by molar-refractivity contribution is 7.89. The van der Waals surface area contributed by atoms with Crippen LogP contribution in [0.1, 0.15) is 22.0 Å². The van der Waals surface area contributed by atoms with E-state index in [1.807, 2.05) is 33.3 Å². The lowest BCUT2D eigenvalue weighted by Crippen LogP contribution is -2.34. The molecule has 0 radical (unpaired) electrons. The standard InChI is InChI=1S/C22H28N4O3S/c1-24(2)21(19-15-26(5)20-9-7-6-8-18(19)20)14-23-22(27)16-10-12-17(13-11-16)30(28,29)25(3)4/h6-13,15,21H,14H2,1-5H3,(H,23,27)/t21-/m0/s1. The lowest BCUT2D eigenvalue weighted by atomic mass is 10.0. The van der Waals surface area contributed by atoms with Crippen LogP contribution in [0.15, 0.2) is 59.6 Å². The lowest BCUT2D eigenvalue weighted by Gasteiger charge is -2.24. The minimum absolute atomic E-state index is 0.00607. The Bertz CT molecular complexity index is 1150. The molecule has 1 aromatic heterocycles. The van der Waals surface area contributed by atoms with Crippen LogP contribution >= 0.6 is 0 Å². The fourth-order valence-electron chi connectivity index (χ4n) is 3.49. The first kappa shape index (κ1) is 22.0. The summed E-state index contributed by atoms with van der Waals surface area (Å²) < 4.78 is 27.6. The highest BCUT2D eigenvalue weighted by atomic mass is 32.2. The van der Waals surface area contributed by atoms with Crippen molar-refractivity contribution in [2.24, 2.45) is 7.05 Å². The van der Waals surface area contributed by atoms with Crippen LogP contribution in [-0.2, 0) is 17.1 Å². The molecular formula is C22H28N4O3S. The van der Waals surface area contributed by atoms with Crippen molar-refractivity contribution in [1.82, 2.24) is 19.1 Å². The molecule has 8 heteroatoms. The number of aromatic nitrogens is 1. The average Bonchev–Trinajstić information content (AvgIpc) is 3.04. The molecule has 0 bridgehead atoms. The highest BCUT2D eigenvalue weighted by Crippen LogP contribution is 2.28. The molecule has 0 aliphatic carbocycles. The maximum absolute atomic E-state index is 12.7. The SMILES string of the molecule is CN(C)[C@@H](CNC(=O)c1ccc(S(=O)(=O)N(C)C)cc1)c1cn(C)c2ccccc12. The molecule has 2 aromatic carbocycles. The Labute approximate surface area is 178 Å². The largest absolute Gasteiger partial charge is 0.350 e. The molecular weight excluding hydrogens is 400 g/mol. The van der Waals surface area contributed by atoms with Gasteiger partial charge in [-0.15, -0.1) is 0 Å². The summed E-state index contributed by atoms with van der Waals surface area (Å²) in [4.78, 5) is 14.9. The molecule has 0 saturated carbocycles. The number of fused-ring (bicyclic) bond motifs is 1. The van der Waals surface area contributed by atoms with Crippen LogP contribution in [0, 0.1) is 0 Å². The number of hydrogen-bond donors (Lipinski definition) is 1. The highest BCUT2D eigenvalue weighted by Gasteiger charge is 2.21. The summed E-state index contributed by atoms with van der Waals surface area (Å²) in [5.74, 6) is -0.240. The maximum Gasteiger partial charge on any atom is 0.251 e. The number of carbonyl (C=O) groups excluding carboxylic acids is 1. The van der Waals surface area contributed by atoms with E-state index >= 15 is 0 Å². The van der Waals surface area contributed by atoms with Crippen molar-refractivity contribution < 1.29 is 13.2 Å². The summed E-state index contributed by atoms with van der Waals surface area (Å²) in [5.41, 5.74) is 2.71. The average molecular weight is 429 g/mol. The van der Waals surface area contributed by atoms with Crippen molar-refractivity contribution in [3.8, 4) is 0 Å². The van der Waals surface area contributed by atoms with Gasteiger partial charge in [-0.2, -0.15) is 0 Å². The fourth-order valence-corrected chi connectivity index (χ4v) is 4.39. The minimum atomic E-state index is -3.52. The summed E-state index contributed by atoms with van der Waals surface area (Å²) >= 11 is 0. The van der Waals surface area contributed by atoms with E-state index in [0.717, 1.165) is 20.8 Å². The topological polar surface area (TPSA) is 74.7 Å². The van der Waals surface area contributed by atoms with Crippen LogP contribution in [-0.4, -0.2) is 62.8 Å². The Morgan fingerprint density at radius 1 is 1.03 bits per heavy atom. The van der Waals surface area contributed by atoms with Crippen molar-refractivity contribution in [3.63, 3.8) is 0 Å². The molecule has 0 unspecified atom stereocenters. The third-order valence-electron chi connectivity index (χ3n) is 5.26. The van der Waals surface area contributed by atoms with E-state index in [1.165, 1.54) is 38.4 Å². The van der Waals surface area contributed by atoms with E-state index < -0.39 is 10.0 Å². The van der Waals surface area contributed by atoms with Gasteiger partial charge in [-0.3, -0.25) is 4.79 Å². The minimum Gasteiger partial charge on any atom is -0.350 e. The predicted octanol–water partition coefficient (Wildman–Crippen LogP) is 2.46. The lowest BCUT2D eigenvalue weighted by molar-refractivity contribution is 0.0942. The zero-order chi connectivity index (χ0) is 22.1. The van der Waals surface area contributed by atoms with Crippen molar-refractivity contribution >= 4 is 26.8 Å². The van der Waals surface area contributed by atoms with Gasteiger partial charge in [-0.05, 0) is 50.0 Å². The van der Waals surface area contributed by atoms with Crippen molar-refractivity contribution in [2.45, 2.75) is 10.9 Å². The Kier molecular flexibility index (Phi) is 6.30. The first-order valence-corrected chi connectivity index (χ1v) is 11.1. The third-order valence-corrected chi connectivity index (χ3v) is 7.09. The normalized spacial score (nSPS) is 13.2. The van der Waals surface area contributed by atoms with Crippen LogP contribution < -0.4 is 5.32 Å². The van der Waals surface area contributed by atoms with Gasteiger partial charge >= 0.3 is 0 Å². The number of nitrogens with one attached hydrogen (secondary N) is 1. The Morgan fingerprint density at radius 2 is 1.67 bits per heavy atom. The van der Waals surface area contributed by atoms with Gasteiger partial charge < -0.3 is 14.8 Å². The van der Waals surface area contributed by atoms with Gasteiger partial charge in [-0.1, -0.05) is 18.2 Å². The molecule has 0 aliphatic rings.